The molecule has 5 heteroatoms. The number of carbonyl (C=O) groups is 2. The summed E-state index contributed by atoms with van der Waals surface area (Å²) in [5.41, 5.74) is 0.358. The van der Waals surface area contributed by atoms with E-state index in [0.29, 0.717) is 5.56 Å². The van der Waals surface area contributed by atoms with Crippen molar-refractivity contribution in [2.45, 2.75) is 19.4 Å². The third-order valence-corrected chi connectivity index (χ3v) is 2.25. The summed E-state index contributed by atoms with van der Waals surface area (Å²) in [6, 6.07) is 5.23. The number of hydrogen-bond donors (Lipinski definition) is 1. The smallest absolute Gasteiger partial charge is 0.328 e. The first-order chi connectivity index (χ1) is 8.04. The maximum Gasteiger partial charge on any atom is 0.328 e. The molecule has 1 aromatic carbocycles. The first-order valence-electron chi connectivity index (χ1n) is 5.13. The second-order valence-electron chi connectivity index (χ2n) is 3.57. The van der Waals surface area contributed by atoms with Crippen molar-refractivity contribution in [2.75, 3.05) is 7.11 Å². The number of amides is 1. The highest BCUT2D eigenvalue weighted by molar-refractivity contribution is 5.83. The van der Waals surface area contributed by atoms with Crippen molar-refractivity contribution in [2.24, 2.45) is 0 Å². The Balaban J connectivity index is 2.82. The van der Waals surface area contributed by atoms with Crippen LogP contribution in [0.15, 0.2) is 24.3 Å². The number of methoxy groups -OCH3 is 1. The lowest BCUT2D eigenvalue weighted by Gasteiger charge is -2.15. The standard InChI is InChI=1S/C12H14FNO3/c1-8(15)14-11(12(16)17-2)7-9-5-3-4-6-10(9)13/h3-6,11H,7H2,1-2H3,(H,14,15)/t11-/m0/s1. The number of hydrogen-bond acceptors (Lipinski definition) is 3. The first-order valence-corrected chi connectivity index (χ1v) is 5.13. The molecule has 0 aliphatic heterocycles. The second kappa shape index (κ2) is 5.98. The number of nitrogens with one attached hydrogen (secondary N) is 1. The summed E-state index contributed by atoms with van der Waals surface area (Å²) in [6.07, 6.45) is 0.0684. The first kappa shape index (κ1) is 13.2. The minimum Gasteiger partial charge on any atom is -0.467 e. The van der Waals surface area contributed by atoms with Crippen LogP contribution in [-0.2, 0) is 20.7 Å². The minimum absolute atomic E-state index is 0.0684. The van der Waals surface area contributed by atoms with E-state index < -0.39 is 17.8 Å². The van der Waals surface area contributed by atoms with Crippen LogP contribution in [-0.4, -0.2) is 25.0 Å². The summed E-state index contributed by atoms with van der Waals surface area (Å²) in [5, 5.41) is 2.43. The van der Waals surface area contributed by atoms with Gasteiger partial charge in [0, 0.05) is 13.3 Å². The molecule has 0 unspecified atom stereocenters. The zero-order valence-corrected chi connectivity index (χ0v) is 9.70. The van der Waals surface area contributed by atoms with E-state index in [1.165, 1.54) is 20.1 Å². The summed E-state index contributed by atoms with van der Waals surface area (Å²) in [5.74, 6) is -1.37. The van der Waals surface area contributed by atoms with Crippen molar-refractivity contribution >= 4 is 11.9 Å². The molecular formula is C12H14FNO3. The van der Waals surface area contributed by atoms with Gasteiger partial charge >= 0.3 is 5.97 Å². The molecule has 1 rings (SSSR count). The Bertz CT molecular complexity index is 420. The molecule has 0 spiro atoms. The molecule has 92 valence electrons. The van der Waals surface area contributed by atoms with Crippen molar-refractivity contribution in [1.29, 1.82) is 0 Å². The molecule has 1 amide bonds. The largest absolute Gasteiger partial charge is 0.467 e. The molecule has 0 bridgehead atoms. The average molecular weight is 239 g/mol. The summed E-state index contributed by atoms with van der Waals surface area (Å²) in [6.45, 7) is 1.29. The number of ether oxygens (including phenoxy) is 1. The molecule has 0 saturated carbocycles. The third kappa shape index (κ3) is 3.86. The van der Waals surface area contributed by atoms with Crippen LogP contribution < -0.4 is 5.32 Å². The highest BCUT2D eigenvalue weighted by Crippen LogP contribution is 2.09. The Morgan fingerprint density at radius 3 is 2.59 bits per heavy atom. The summed E-state index contributed by atoms with van der Waals surface area (Å²) >= 11 is 0. The summed E-state index contributed by atoms with van der Waals surface area (Å²) in [7, 11) is 1.22. The lowest BCUT2D eigenvalue weighted by molar-refractivity contribution is -0.144. The topological polar surface area (TPSA) is 55.4 Å². The zero-order chi connectivity index (χ0) is 12.8. The van der Waals surface area contributed by atoms with E-state index in [1.54, 1.807) is 18.2 Å². The molecule has 0 aromatic heterocycles. The molecule has 0 radical (unpaired) electrons. The highest BCUT2D eigenvalue weighted by atomic mass is 19.1. The fourth-order valence-corrected chi connectivity index (χ4v) is 1.46. The molecule has 17 heavy (non-hydrogen) atoms. The molecule has 0 saturated heterocycles. The normalized spacial score (nSPS) is 11.7. The maximum absolute atomic E-state index is 13.4. The van der Waals surface area contributed by atoms with Crippen LogP contribution >= 0.6 is 0 Å². The number of halogens is 1. The molecule has 1 aromatic rings. The van der Waals surface area contributed by atoms with Crippen LogP contribution in [0.25, 0.3) is 0 Å². The van der Waals surface area contributed by atoms with E-state index in [1.807, 2.05) is 0 Å². The Kier molecular flexibility index (Phi) is 4.63. The van der Waals surface area contributed by atoms with Crippen LogP contribution in [0, 0.1) is 5.82 Å². The van der Waals surface area contributed by atoms with E-state index >= 15 is 0 Å². The molecule has 1 atom stereocenters. The van der Waals surface area contributed by atoms with E-state index in [-0.39, 0.29) is 12.3 Å². The Morgan fingerprint density at radius 2 is 2.06 bits per heavy atom. The predicted octanol–water partition coefficient (Wildman–Crippen LogP) is 1.05. The molecular weight excluding hydrogens is 225 g/mol. The number of esters is 1. The van der Waals surface area contributed by atoms with Gasteiger partial charge in [-0.25, -0.2) is 9.18 Å². The van der Waals surface area contributed by atoms with Gasteiger partial charge in [-0.1, -0.05) is 18.2 Å². The van der Waals surface area contributed by atoms with Gasteiger partial charge in [0.15, 0.2) is 0 Å². The zero-order valence-electron chi connectivity index (χ0n) is 9.70. The summed E-state index contributed by atoms with van der Waals surface area (Å²) in [4.78, 5) is 22.3. The Labute approximate surface area is 98.8 Å². The Morgan fingerprint density at radius 1 is 1.41 bits per heavy atom. The van der Waals surface area contributed by atoms with Gasteiger partial charge in [0.1, 0.15) is 11.9 Å². The van der Waals surface area contributed by atoms with Crippen LogP contribution in [0.2, 0.25) is 0 Å². The second-order valence-corrected chi connectivity index (χ2v) is 3.57. The third-order valence-electron chi connectivity index (χ3n) is 2.25. The van der Waals surface area contributed by atoms with Gasteiger partial charge in [0.25, 0.3) is 0 Å². The van der Waals surface area contributed by atoms with Gasteiger partial charge in [0.2, 0.25) is 5.91 Å². The quantitative estimate of drug-likeness (QED) is 0.799. The highest BCUT2D eigenvalue weighted by Gasteiger charge is 2.21. The number of carbonyl (C=O) groups excluding carboxylic acids is 2. The molecule has 1 N–H and O–H groups in total. The van der Waals surface area contributed by atoms with Crippen molar-refractivity contribution in [3.05, 3.63) is 35.6 Å². The van der Waals surface area contributed by atoms with E-state index in [9.17, 15) is 14.0 Å². The average Bonchev–Trinajstić information content (AvgIpc) is 2.29. The lowest BCUT2D eigenvalue weighted by atomic mass is 10.1. The van der Waals surface area contributed by atoms with Crippen LogP contribution in [0.3, 0.4) is 0 Å². The van der Waals surface area contributed by atoms with E-state index in [4.69, 9.17) is 0 Å². The number of rotatable bonds is 4. The maximum atomic E-state index is 13.4. The molecule has 0 fully saturated rings. The fourth-order valence-electron chi connectivity index (χ4n) is 1.46. The van der Waals surface area contributed by atoms with E-state index in [0.717, 1.165) is 0 Å². The Hall–Kier alpha value is -1.91. The predicted molar refractivity (Wildman–Crippen MR) is 59.7 cm³/mol. The van der Waals surface area contributed by atoms with Gasteiger partial charge in [-0.05, 0) is 11.6 Å². The van der Waals surface area contributed by atoms with Crippen molar-refractivity contribution in [3.8, 4) is 0 Å². The van der Waals surface area contributed by atoms with Crippen LogP contribution in [0.1, 0.15) is 12.5 Å². The molecule has 0 aliphatic carbocycles. The van der Waals surface area contributed by atoms with Crippen molar-refractivity contribution < 1.29 is 18.7 Å². The van der Waals surface area contributed by atoms with Gasteiger partial charge in [-0.2, -0.15) is 0 Å². The number of benzene rings is 1. The lowest BCUT2D eigenvalue weighted by Crippen LogP contribution is -2.42. The van der Waals surface area contributed by atoms with Crippen LogP contribution in [0.5, 0.6) is 0 Å². The van der Waals surface area contributed by atoms with Gasteiger partial charge in [-0.3, -0.25) is 4.79 Å². The summed E-state index contributed by atoms with van der Waals surface area (Å²) < 4.78 is 17.9. The van der Waals surface area contributed by atoms with Crippen LogP contribution in [0.4, 0.5) is 4.39 Å². The van der Waals surface area contributed by atoms with Gasteiger partial charge < -0.3 is 10.1 Å². The van der Waals surface area contributed by atoms with Crippen molar-refractivity contribution in [3.63, 3.8) is 0 Å². The van der Waals surface area contributed by atoms with E-state index in [2.05, 4.69) is 10.1 Å². The minimum atomic E-state index is -0.866. The SMILES string of the molecule is COC(=O)[C@H](Cc1ccccc1F)NC(C)=O. The van der Waals surface area contributed by atoms with Crippen molar-refractivity contribution in [1.82, 2.24) is 5.32 Å². The molecule has 0 aliphatic rings. The van der Waals surface area contributed by atoms with Gasteiger partial charge in [-0.15, -0.1) is 0 Å². The molecule has 4 nitrogen and oxygen atoms in total. The van der Waals surface area contributed by atoms with Gasteiger partial charge in [0.05, 0.1) is 7.11 Å². The monoisotopic (exact) mass is 239 g/mol. The molecule has 0 heterocycles. The fraction of sp³-hybridized carbons (Fsp3) is 0.333.